The number of morpholine rings is 1. The van der Waals surface area contributed by atoms with E-state index in [4.69, 9.17) is 9.84 Å². The molecule has 1 saturated heterocycles. The lowest BCUT2D eigenvalue weighted by atomic mass is 10.3. The smallest absolute Gasteiger partial charge is 0.452 e. The summed E-state index contributed by atoms with van der Waals surface area (Å²) in [6.07, 6.45) is -5.65. The first-order valence-electron chi connectivity index (χ1n) is 4.88. The van der Waals surface area contributed by atoms with Crippen LogP contribution in [0, 0.1) is 0 Å². The zero-order chi connectivity index (χ0) is 13.3. The summed E-state index contributed by atoms with van der Waals surface area (Å²) in [5, 5.41) is 8.83. The number of hydrogen-bond acceptors (Lipinski definition) is 6. The van der Waals surface area contributed by atoms with Gasteiger partial charge in [-0.3, -0.25) is 0 Å². The zero-order valence-corrected chi connectivity index (χ0v) is 9.66. The minimum atomic E-state index is -4.59. The molecule has 0 aromatic carbocycles. The molecule has 1 aromatic rings. The van der Waals surface area contributed by atoms with Crippen molar-refractivity contribution >= 4 is 22.6 Å². The van der Waals surface area contributed by atoms with E-state index in [2.05, 4.69) is 9.36 Å². The highest BCUT2D eigenvalue weighted by Gasteiger charge is 2.37. The summed E-state index contributed by atoms with van der Waals surface area (Å²) < 4.78 is 45.1. The maximum atomic E-state index is 12.3. The van der Waals surface area contributed by atoms with Crippen molar-refractivity contribution < 1.29 is 27.8 Å². The monoisotopic (exact) mass is 283 g/mol. The van der Waals surface area contributed by atoms with Crippen LogP contribution >= 0.6 is 11.5 Å². The normalized spacial score (nSPS) is 21.1. The van der Waals surface area contributed by atoms with Gasteiger partial charge in [-0.1, -0.05) is 0 Å². The predicted octanol–water partition coefficient (Wildman–Crippen LogP) is 0.847. The van der Waals surface area contributed by atoms with Gasteiger partial charge in [0.2, 0.25) is 11.0 Å². The standard InChI is InChI=1S/C8H8F3N3O3S/c9-8(10,11)6-12-7(18-13-6)14-1-2-17-4(3-14)5(15)16/h4H,1-3H2,(H,15,16). The molecule has 1 atom stereocenters. The van der Waals surface area contributed by atoms with Crippen LogP contribution in [0.2, 0.25) is 0 Å². The van der Waals surface area contributed by atoms with Crippen LogP contribution in [0.3, 0.4) is 0 Å². The van der Waals surface area contributed by atoms with Gasteiger partial charge >= 0.3 is 12.1 Å². The van der Waals surface area contributed by atoms with Gasteiger partial charge < -0.3 is 14.7 Å². The number of aromatic nitrogens is 2. The molecular formula is C8H8F3N3O3S. The van der Waals surface area contributed by atoms with E-state index in [9.17, 15) is 18.0 Å². The van der Waals surface area contributed by atoms with E-state index in [0.717, 1.165) is 0 Å². The Kier molecular flexibility index (Phi) is 3.39. The largest absolute Gasteiger partial charge is 0.479 e. The average molecular weight is 283 g/mol. The van der Waals surface area contributed by atoms with Gasteiger partial charge in [-0.05, 0) is 0 Å². The average Bonchev–Trinajstić information content (AvgIpc) is 2.78. The van der Waals surface area contributed by atoms with E-state index in [1.165, 1.54) is 4.90 Å². The molecule has 1 aliphatic rings. The quantitative estimate of drug-likeness (QED) is 0.867. The Bertz CT molecular complexity index is 450. The van der Waals surface area contributed by atoms with Crippen molar-refractivity contribution in [3.8, 4) is 0 Å². The van der Waals surface area contributed by atoms with Crippen molar-refractivity contribution in [3.05, 3.63) is 5.82 Å². The Labute approximate surface area is 103 Å². The number of carboxylic acids is 1. The van der Waals surface area contributed by atoms with E-state index in [1.54, 1.807) is 0 Å². The first-order chi connectivity index (χ1) is 8.38. The summed E-state index contributed by atoms with van der Waals surface area (Å²) in [6.45, 7) is 0.371. The topological polar surface area (TPSA) is 75.5 Å². The number of nitrogens with zero attached hydrogens (tertiary/aromatic N) is 3. The predicted molar refractivity (Wildman–Crippen MR) is 54.5 cm³/mol. The molecule has 100 valence electrons. The molecular weight excluding hydrogens is 275 g/mol. The van der Waals surface area contributed by atoms with Crippen molar-refractivity contribution in [2.24, 2.45) is 0 Å². The Morgan fingerprint density at radius 3 is 2.83 bits per heavy atom. The van der Waals surface area contributed by atoms with Crippen LogP contribution in [0.1, 0.15) is 5.82 Å². The molecule has 10 heteroatoms. The molecule has 0 aliphatic carbocycles. The van der Waals surface area contributed by atoms with Crippen molar-refractivity contribution in [1.29, 1.82) is 0 Å². The lowest BCUT2D eigenvalue weighted by Gasteiger charge is -2.30. The van der Waals surface area contributed by atoms with Gasteiger partial charge in [0.25, 0.3) is 0 Å². The van der Waals surface area contributed by atoms with Crippen LogP contribution in [0.5, 0.6) is 0 Å². The SMILES string of the molecule is O=C(O)C1CN(c2nc(C(F)(F)F)ns2)CCO1. The lowest BCUT2D eigenvalue weighted by Crippen LogP contribution is -2.46. The molecule has 0 amide bonds. The summed E-state index contributed by atoms with van der Waals surface area (Å²) >= 11 is 0.593. The molecule has 1 fully saturated rings. The van der Waals surface area contributed by atoms with Gasteiger partial charge in [0.05, 0.1) is 13.2 Å². The van der Waals surface area contributed by atoms with Crippen molar-refractivity contribution in [1.82, 2.24) is 9.36 Å². The maximum Gasteiger partial charge on any atom is 0.452 e. The van der Waals surface area contributed by atoms with E-state index in [-0.39, 0.29) is 24.8 Å². The summed E-state index contributed by atoms with van der Waals surface area (Å²) in [5.74, 6) is -2.36. The molecule has 0 radical (unpaired) electrons. The van der Waals surface area contributed by atoms with Crippen LogP contribution < -0.4 is 4.90 Å². The molecule has 0 spiro atoms. The van der Waals surface area contributed by atoms with E-state index >= 15 is 0 Å². The second kappa shape index (κ2) is 4.69. The summed E-state index contributed by atoms with van der Waals surface area (Å²) in [6, 6.07) is 0. The third-order valence-corrected chi connectivity index (χ3v) is 3.06. The van der Waals surface area contributed by atoms with E-state index < -0.39 is 24.1 Å². The summed E-state index contributed by atoms with van der Waals surface area (Å²) in [5.41, 5.74) is 0. The third kappa shape index (κ3) is 2.70. The fourth-order valence-electron chi connectivity index (χ4n) is 1.43. The van der Waals surface area contributed by atoms with Crippen molar-refractivity contribution in [2.75, 3.05) is 24.6 Å². The Hall–Kier alpha value is -1.42. The number of aliphatic carboxylic acids is 1. The highest BCUT2D eigenvalue weighted by atomic mass is 32.1. The first kappa shape index (κ1) is 13.0. The molecule has 6 nitrogen and oxygen atoms in total. The molecule has 1 unspecified atom stereocenters. The minimum absolute atomic E-state index is 0.0399. The van der Waals surface area contributed by atoms with Crippen LogP contribution in [-0.2, 0) is 15.7 Å². The highest BCUT2D eigenvalue weighted by molar-refractivity contribution is 7.09. The number of rotatable bonds is 2. The number of halogens is 3. The molecule has 1 aliphatic heterocycles. The molecule has 2 rings (SSSR count). The van der Waals surface area contributed by atoms with Crippen LogP contribution in [0.15, 0.2) is 0 Å². The Morgan fingerprint density at radius 2 is 2.28 bits per heavy atom. The van der Waals surface area contributed by atoms with Gasteiger partial charge in [-0.15, -0.1) is 0 Å². The number of carbonyl (C=O) groups is 1. The number of ether oxygens (including phenoxy) is 1. The first-order valence-corrected chi connectivity index (χ1v) is 5.65. The molecule has 0 bridgehead atoms. The minimum Gasteiger partial charge on any atom is -0.479 e. The van der Waals surface area contributed by atoms with Gasteiger partial charge in [-0.25, -0.2) is 4.79 Å². The third-order valence-electron chi connectivity index (χ3n) is 2.28. The maximum absolute atomic E-state index is 12.3. The van der Waals surface area contributed by atoms with Crippen molar-refractivity contribution in [2.45, 2.75) is 12.3 Å². The van der Waals surface area contributed by atoms with Gasteiger partial charge in [0.15, 0.2) is 6.10 Å². The number of anilines is 1. The fourth-order valence-corrected chi connectivity index (χ4v) is 2.15. The lowest BCUT2D eigenvalue weighted by molar-refractivity contribution is -0.151. The number of carboxylic acid groups (broad SMARTS) is 1. The van der Waals surface area contributed by atoms with E-state index in [1.807, 2.05) is 0 Å². The second-order valence-corrected chi connectivity index (χ2v) is 4.27. The molecule has 1 N–H and O–H groups in total. The molecule has 0 saturated carbocycles. The van der Waals surface area contributed by atoms with Crippen LogP contribution in [-0.4, -0.2) is 46.2 Å². The van der Waals surface area contributed by atoms with Crippen LogP contribution in [0.25, 0.3) is 0 Å². The Morgan fingerprint density at radius 1 is 1.56 bits per heavy atom. The molecule has 2 heterocycles. The Balaban J connectivity index is 2.12. The summed E-state index contributed by atoms with van der Waals surface area (Å²) in [7, 11) is 0. The van der Waals surface area contributed by atoms with E-state index in [0.29, 0.717) is 11.5 Å². The van der Waals surface area contributed by atoms with Gasteiger partial charge in [0, 0.05) is 18.1 Å². The fraction of sp³-hybridized carbons (Fsp3) is 0.625. The molecule has 18 heavy (non-hydrogen) atoms. The highest BCUT2D eigenvalue weighted by Crippen LogP contribution is 2.30. The second-order valence-electron chi connectivity index (χ2n) is 3.54. The number of alkyl halides is 3. The van der Waals surface area contributed by atoms with Crippen LogP contribution in [0.4, 0.5) is 18.3 Å². The zero-order valence-electron chi connectivity index (χ0n) is 8.85. The summed E-state index contributed by atoms with van der Waals surface area (Å²) in [4.78, 5) is 15.5. The van der Waals surface area contributed by atoms with Crippen molar-refractivity contribution in [3.63, 3.8) is 0 Å². The molecule has 1 aromatic heterocycles. The number of hydrogen-bond donors (Lipinski definition) is 1. The van der Waals surface area contributed by atoms with Gasteiger partial charge in [0.1, 0.15) is 0 Å². The van der Waals surface area contributed by atoms with Gasteiger partial charge in [-0.2, -0.15) is 22.5 Å².